The summed E-state index contributed by atoms with van der Waals surface area (Å²) in [5.41, 5.74) is 5.40. The molecule has 13 heavy (non-hydrogen) atoms. The Morgan fingerprint density at radius 3 is 3.08 bits per heavy atom. The minimum Gasteiger partial charge on any atom is -0.480 e. The molecule has 2 N–H and O–H groups in total. The summed E-state index contributed by atoms with van der Waals surface area (Å²) in [5.74, 6) is 4.47. The normalized spacial score (nSPS) is 8.38. The number of aromatic nitrogens is 1. The highest BCUT2D eigenvalue weighted by Gasteiger charge is 1.98. The number of pyridine rings is 1. The third kappa shape index (κ3) is 2.49. The van der Waals surface area contributed by atoms with E-state index in [4.69, 9.17) is 10.5 Å². The Hall–Kier alpha value is -2.02. The molecule has 0 bridgehead atoms. The van der Waals surface area contributed by atoms with Gasteiger partial charge in [0.25, 0.3) is 5.91 Å². The van der Waals surface area contributed by atoms with Gasteiger partial charge in [0, 0.05) is 12.1 Å². The second-order valence-corrected chi connectivity index (χ2v) is 2.17. The number of primary amides is 1. The van der Waals surface area contributed by atoms with E-state index in [1.165, 1.54) is 7.11 Å². The minimum atomic E-state index is -0.675. The standard InChI is InChI=1S/C9H8N2O2/c1-13-9-7(3-2-6-11-9)4-5-8(10)12/h2-3,6H,1H3,(H2,10,12). The molecule has 1 rings (SSSR count). The van der Waals surface area contributed by atoms with Crippen LogP contribution in [0, 0.1) is 11.8 Å². The average molecular weight is 176 g/mol. The van der Waals surface area contributed by atoms with Crippen LogP contribution in [0.4, 0.5) is 0 Å². The van der Waals surface area contributed by atoms with Crippen LogP contribution in [0.15, 0.2) is 18.3 Å². The fraction of sp³-hybridized carbons (Fsp3) is 0.111. The number of methoxy groups -OCH3 is 1. The molecular weight excluding hydrogens is 168 g/mol. The van der Waals surface area contributed by atoms with Crippen LogP contribution < -0.4 is 10.5 Å². The number of amides is 1. The van der Waals surface area contributed by atoms with Gasteiger partial charge in [0.15, 0.2) is 0 Å². The van der Waals surface area contributed by atoms with Crippen LogP contribution in [0.1, 0.15) is 5.56 Å². The number of hydrogen-bond acceptors (Lipinski definition) is 3. The maximum Gasteiger partial charge on any atom is 0.293 e. The summed E-state index contributed by atoms with van der Waals surface area (Å²) in [6, 6.07) is 3.40. The number of ether oxygens (including phenoxy) is 1. The number of nitrogens with zero attached hydrogens (tertiary/aromatic N) is 1. The van der Waals surface area contributed by atoms with Crippen molar-refractivity contribution in [3.05, 3.63) is 23.9 Å². The zero-order valence-electron chi connectivity index (χ0n) is 7.07. The number of rotatable bonds is 1. The van der Waals surface area contributed by atoms with Crippen molar-refractivity contribution in [3.63, 3.8) is 0 Å². The maximum absolute atomic E-state index is 10.4. The molecule has 1 aromatic rings. The van der Waals surface area contributed by atoms with Gasteiger partial charge in [-0.2, -0.15) is 0 Å². The first-order valence-electron chi connectivity index (χ1n) is 3.54. The van der Waals surface area contributed by atoms with E-state index in [9.17, 15) is 4.79 Å². The van der Waals surface area contributed by atoms with Gasteiger partial charge in [-0.3, -0.25) is 4.79 Å². The van der Waals surface area contributed by atoms with E-state index < -0.39 is 5.91 Å². The Labute approximate surface area is 75.7 Å². The van der Waals surface area contributed by atoms with Gasteiger partial charge in [-0.1, -0.05) is 5.92 Å². The van der Waals surface area contributed by atoms with Gasteiger partial charge in [-0.25, -0.2) is 4.98 Å². The molecule has 0 aliphatic carbocycles. The molecule has 0 fully saturated rings. The molecule has 0 aliphatic heterocycles. The van der Waals surface area contributed by atoms with Crippen molar-refractivity contribution in [3.8, 4) is 17.7 Å². The number of hydrogen-bond donors (Lipinski definition) is 1. The molecule has 0 aliphatic rings. The summed E-state index contributed by atoms with van der Waals surface area (Å²) in [7, 11) is 1.48. The van der Waals surface area contributed by atoms with Crippen molar-refractivity contribution in [2.24, 2.45) is 5.73 Å². The largest absolute Gasteiger partial charge is 0.480 e. The Morgan fingerprint density at radius 1 is 1.69 bits per heavy atom. The van der Waals surface area contributed by atoms with Crippen molar-refractivity contribution >= 4 is 5.91 Å². The molecule has 1 aromatic heterocycles. The molecule has 1 heterocycles. The van der Waals surface area contributed by atoms with Crippen molar-refractivity contribution in [2.75, 3.05) is 7.11 Å². The lowest BCUT2D eigenvalue weighted by molar-refractivity contribution is -0.112. The lowest BCUT2D eigenvalue weighted by atomic mass is 10.3. The van der Waals surface area contributed by atoms with Crippen molar-refractivity contribution in [1.82, 2.24) is 4.98 Å². The molecule has 0 radical (unpaired) electrons. The fourth-order valence-electron chi connectivity index (χ4n) is 0.778. The van der Waals surface area contributed by atoms with Crippen LogP contribution in [0.25, 0.3) is 0 Å². The van der Waals surface area contributed by atoms with Gasteiger partial charge in [-0.05, 0) is 12.1 Å². The lowest BCUT2D eigenvalue weighted by Gasteiger charge is -1.98. The molecule has 66 valence electrons. The summed E-state index contributed by atoms with van der Waals surface area (Å²) in [6.07, 6.45) is 1.58. The van der Waals surface area contributed by atoms with E-state index in [1.54, 1.807) is 18.3 Å². The Bertz CT molecular complexity index is 377. The van der Waals surface area contributed by atoms with Gasteiger partial charge in [0.1, 0.15) is 0 Å². The summed E-state index contributed by atoms with van der Waals surface area (Å²) in [4.78, 5) is 14.3. The molecule has 0 unspecified atom stereocenters. The molecular formula is C9H8N2O2. The highest BCUT2D eigenvalue weighted by molar-refractivity contribution is 5.92. The molecule has 1 amide bonds. The zero-order chi connectivity index (χ0) is 9.68. The second kappa shape index (κ2) is 4.12. The van der Waals surface area contributed by atoms with Crippen molar-refractivity contribution < 1.29 is 9.53 Å². The Balaban J connectivity index is 3.02. The third-order valence-corrected chi connectivity index (χ3v) is 1.28. The lowest BCUT2D eigenvalue weighted by Crippen LogP contribution is -2.06. The number of carbonyl (C=O) groups excluding carboxylic acids is 1. The predicted octanol–water partition coefficient (Wildman–Crippen LogP) is -0.0730. The van der Waals surface area contributed by atoms with Crippen LogP contribution in [0.2, 0.25) is 0 Å². The number of nitrogens with two attached hydrogens (primary N) is 1. The summed E-state index contributed by atoms with van der Waals surface area (Å²) in [6.45, 7) is 0. The Morgan fingerprint density at radius 2 is 2.46 bits per heavy atom. The monoisotopic (exact) mass is 176 g/mol. The summed E-state index contributed by atoms with van der Waals surface area (Å²) >= 11 is 0. The third-order valence-electron chi connectivity index (χ3n) is 1.28. The van der Waals surface area contributed by atoms with Gasteiger partial charge in [0.05, 0.1) is 12.7 Å². The smallest absolute Gasteiger partial charge is 0.293 e. The number of carbonyl (C=O) groups is 1. The van der Waals surface area contributed by atoms with E-state index >= 15 is 0 Å². The highest BCUT2D eigenvalue weighted by Crippen LogP contribution is 2.10. The molecule has 0 aromatic carbocycles. The van der Waals surface area contributed by atoms with Crippen LogP contribution >= 0.6 is 0 Å². The van der Waals surface area contributed by atoms with Crippen LogP contribution in [-0.4, -0.2) is 18.0 Å². The summed E-state index contributed by atoms with van der Waals surface area (Å²) in [5, 5.41) is 0. The van der Waals surface area contributed by atoms with Gasteiger partial charge >= 0.3 is 0 Å². The van der Waals surface area contributed by atoms with Gasteiger partial charge in [0.2, 0.25) is 5.88 Å². The van der Waals surface area contributed by atoms with E-state index in [0.717, 1.165) is 0 Å². The van der Waals surface area contributed by atoms with Gasteiger partial charge < -0.3 is 10.5 Å². The maximum atomic E-state index is 10.4. The molecule has 0 atom stereocenters. The SMILES string of the molecule is COc1ncccc1C#CC(N)=O. The van der Waals surface area contributed by atoms with Crippen molar-refractivity contribution in [1.29, 1.82) is 0 Å². The Kier molecular flexibility index (Phi) is 2.87. The van der Waals surface area contributed by atoms with Crippen LogP contribution in [-0.2, 0) is 4.79 Å². The highest BCUT2D eigenvalue weighted by atomic mass is 16.5. The average Bonchev–Trinajstić information content (AvgIpc) is 2.15. The van der Waals surface area contributed by atoms with Crippen LogP contribution in [0.3, 0.4) is 0 Å². The topological polar surface area (TPSA) is 65.2 Å². The van der Waals surface area contributed by atoms with E-state index in [-0.39, 0.29) is 0 Å². The van der Waals surface area contributed by atoms with Crippen LogP contribution in [0.5, 0.6) is 5.88 Å². The molecule has 0 spiro atoms. The molecule has 0 saturated carbocycles. The zero-order valence-corrected chi connectivity index (χ0v) is 7.07. The second-order valence-electron chi connectivity index (χ2n) is 2.17. The van der Waals surface area contributed by atoms with E-state index in [2.05, 4.69) is 16.8 Å². The fourth-order valence-corrected chi connectivity index (χ4v) is 0.778. The van der Waals surface area contributed by atoms with E-state index in [0.29, 0.717) is 11.4 Å². The molecule has 4 heteroatoms. The molecule has 4 nitrogen and oxygen atoms in total. The molecule has 0 saturated heterocycles. The first kappa shape index (κ1) is 9.07. The quantitative estimate of drug-likeness (QED) is 0.609. The van der Waals surface area contributed by atoms with Gasteiger partial charge in [-0.15, -0.1) is 0 Å². The predicted molar refractivity (Wildman–Crippen MR) is 46.9 cm³/mol. The van der Waals surface area contributed by atoms with Crippen molar-refractivity contribution in [2.45, 2.75) is 0 Å². The first-order valence-corrected chi connectivity index (χ1v) is 3.54. The van der Waals surface area contributed by atoms with E-state index in [1.807, 2.05) is 0 Å². The first-order chi connectivity index (χ1) is 6.24. The minimum absolute atomic E-state index is 0.385. The summed E-state index contributed by atoms with van der Waals surface area (Å²) < 4.78 is 4.91.